The third kappa shape index (κ3) is 5.45. The average molecular weight is 628 g/mol. The first kappa shape index (κ1) is 28.6. The van der Waals surface area contributed by atoms with E-state index in [2.05, 4.69) is 103 Å². The fraction of sp³-hybridized carbons (Fsp3) is 0. The molecular weight excluding hydrogens is 599 g/mol. The molecule has 2 aromatic heterocycles. The summed E-state index contributed by atoms with van der Waals surface area (Å²) in [4.78, 5) is 14.7. The van der Waals surface area contributed by atoms with Crippen LogP contribution in [0.4, 0.5) is 0 Å². The van der Waals surface area contributed by atoms with Crippen molar-refractivity contribution in [3.8, 4) is 67.5 Å². The number of rotatable bonds is 6. The Morgan fingerprint density at radius 2 is 0.776 bits per heavy atom. The fourth-order valence-electron chi connectivity index (χ4n) is 6.48. The standard InChI is InChI=1S/C45H29N3O/c1-4-13-30(14-5-1)33-19-10-20-34(27-33)35-21-11-22-36(28-35)38-23-12-24-40-39-26-25-37(29-41(39)49-42(38)40)45-47-43(31-15-6-2-7-16-31)46-44(48-45)32-17-8-3-9-18-32/h1-29H. The first-order valence-electron chi connectivity index (χ1n) is 16.4. The molecule has 4 nitrogen and oxygen atoms in total. The molecule has 0 spiro atoms. The maximum absolute atomic E-state index is 6.68. The summed E-state index contributed by atoms with van der Waals surface area (Å²) in [6, 6.07) is 60.5. The summed E-state index contributed by atoms with van der Waals surface area (Å²) in [6.45, 7) is 0. The molecule has 0 saturated heterocycles. The molecule has 0 aliphatic rings. The number of hydrogen-bond donors (Lipinski definition) is 0. The summed E-state index contributed by atoms with van der Waals surface area (Å²) in [7, 11) is 0. The molecule has 0 saturated carbocycles. The van der Waals surface area contributed by atoms with Crippen LogP contribution in [-0.4, -0.2) is 15.0 Å². The minimum absolute atomic E-state index is 0.598. The van der Waals surface area contributed by atoms with E-state index >= 15 is 0 Å². The van der Waals surface area contributed by atoms with Gasteiger partial charge in [-0.15, -0.1) is 0 Å². The number of furan rings is 1. The highest BCUT2D eigenvalue weighted by atomic mass is 16.3. The van der Waals surface area contributed by atoms with E-state index in [1.807, 2.05) is 72.8 Å². The van der Waals surface area contributed by atoms with Gasteiger partial charge in [-0.3, -0.25) is 0 Å². The van der Waals surface area contributed by atoms with Gasteiger partial charge in [-0.05, 0) is 52.1 Å². The summed E-state index contributed by atoms with van der Waals surface area (Å²) in [5, 5.41) is 2.12. The van der Waals surface area contributed by atoms with Crippen molar-refractivity contribution in [1.29, 1.82) is 0 Å². The van der Waals surface area contributed by atoms with Crippen LogP contribution in [-0.2, 0) is 0 Å². The summed E-state index contributed by atoms with van der Waals surface area (Å²) < 4.78 is 6.68. The van der Waals surface area contributed by atoms with Crippen LogP contribution in [0.3, 0.4) is 0 Å². The second-order valence-corrected chi connectivity index (χ2v) is 12.1. The highest BCUT2D eigenvalue weighted by molar-refractivity contribution is 6.10. The van der Waals surface area contributed by atoms with Crippen molar-refractivity contribution in [1.82, 2.24) is 15.0 Å². The zero-order valence-electron chi connectivity index (χ0n) is 26.5. The highest BCUT2D eigenvalue weighted by Crippen LogP contribution is 2.38. The summed E-state index contributed by atoms with van der Waals surface area (Å²) in [6.07, 6.45) is 0. The number of aromatic nitrogens is 3. The predicted octanol–water partition coefficient (Wildman–Crippen LogP) is 11.8. The van der Waals surface area contributed by atoms with Crippen molar-refractivity contribution < 1.29 is 4.42 Å². The zero-order valence-corrected chi connectivity index (χ0v) is 26.5. The molecule has 0 atom stereocenters. The number of para-hydroxylation sites is 1. The van der Waals surface area contributed by atoms with Gasteiger partial charge in [0, 0.05) is 33.0 Å². The molecule has 230 valence electrons. The normalized spacial score (nSPS) is 11.3. The van der Waals surface area contributed by atoms with E-state index in [1.165, 1.54) is 16.7 Å². The van der Waals surface area contributed by atoms with Crippen LogP contribution in [0.25, 0.3) is 89.5 Å². The minimum atomic E-state index is 0.598. The van der Waals surface area contributed by atoms with Crippen molar-refractivity contribution in [3.05, 3.63) is 176 Å². The predicted molar refractivity (Wildman–Crippen MR) is 200 cm³/mol. The van der Waals surface area contributed by atoms with Crippen LogP contribution in [0, 0.1) is 0 Å². The molecule has 0 unspecified atom stereocenters. The molecule has 9 rings (SSSR count). The van der Waals surface area contributed by atoms with E-state index < -0.39 is 0 Å². The van der Waals surface area contributed by atoms with Gasteiger partial charge in [-0.25, -0.2) is 15.0 Å². The Bertz CT molecular complexity index is 2540. The Hall–Kier alpha value is -6.65. The van der Waals surface area contributed by atoms with Gasteiger partial charge in [0.05, 0.1) is 0 Å². The Kier molecular flexibility index (Phi) is 7.10. The Morgan fingerprint density at radius 3 is 1.39 bits per heavy atom. The highest BCUT2D eigenvalue weighted by Gasteiger charge is 2.16. The van der Waals surface area contributed by atoms with E-state index in [0.29, 0.717) is 17.5 Å². The van der Waals surface area contributed by atoms with E-state index in [4.69, 9.17) is 19.4 Å². The van der Waals surface area contributed by atoms with Crippen LogP contribution in [0.2, 0.25) is 0 Å². The molecule has 0 amide bonds. The smallest absolute Gasteiger partial charge is 0.164 e. The van der Waals surface area contributed by atoms with Crippen molar-refractivity contribution in [2.45, 2.75) is 0 Å². The third-order valence-electron chi connectivity index (χ3n) is 8.93. The topological polar surface area (TPSA) is 51.8 Å². The van der Waals surface area contributed by atoms with Gasteiger partial charge in [-0.1, -0.05) is 152 Å². The second-order valence-electron chi connectivity index (χ2n) is 12.1. The Morgan fingerprint density at radius 1 is 0.306 bits per heavy atom. The lowest BCUT2D eigenvalue weighted by molar-refractivity contribution is 0.670. The van der Waals surface area contributed by atoms with E-state index in [0.717, 1.165) is 55.3 Å². The first-order valence-corrected chi connectivity index (χ1v) is 16.4. The zero-order chi connectivity index (χ0) is 32.6. The van der Waals surface area contributed by atoms with Crippen molar-refractivity contribution in [2.75, 3.05) is 0 Å². The van der Waals surface area contributed by atoms with E-state index in [9.17, 15) is 0 Å². The SMILES string of the molecule is c1ccc(-c2cccc(-c3cccc(-c4cccc5c4oc4cc(-c6nc(-c7ccccc7)nc(-c7ccccc7)n6)ccc45)c3)c2)cc1. The molecule has 9 aromatic rings. The second kappa shape index (κ2) is 12.2. The lowest BCUT2D eigenvalue weighted by Gasteiger charge is -2.09. The van der Waals surface area contributed by atoms with Crippen molar-refractivity contribution in [2.24, 2.45) is 0 Å². The lowest BCUT2D eigenvalue weighted by Crippen LogP contribution is -2.00. The number of benzene rings is 7. The molecule has 0 bridgehead atoms. The van der Waals surface area contributed by atoms with Crippen LogP contribution in [0.5, 0.6) is 0 Å². The first-order chi connectivity index (χ1) is 24.3. The minimum Gasteiger partial charge on any atom is -0.455 e. The molecule has 0 aliphatic carbocycles. The van der Waals surface area contributed by atoms with Gasteiger partial charge in [-0.2, -0.15) is 0 Å². The van der Waals surface area contributed by atoms with Crippen LogP contribution in [0.1, 0.15) is 0 Å². The van der Waals surface area contributed by atoms with Crippen molar-refractivity contribution in [3.63, 3.8) is 0 Å². The Labute approximate surface area is 284 Å². The maximum Gasteiger partial charge on any atom is 0.164 e. The Balaban J connectivity index is 1.13. The van der Waals surface area contributed by atoms with Gasteiger partial charge in [0.25, 0.3) is 0 Å². The van der Waals surface area contributed by atoms with Gasteiger partial charge in [0.2, 0.25) is 0 Å². The summed E-state index contributed by atoms with van der Waals surface area (Å²) in [5.41, 5.74) is 11.3. The molecule has 4 heteroatoms. The molecular formula is C45H29N3O. The monoisotopic (exact) mass is 627 g/mol. The number of hydrogen-bond acceptors (Lipinski definition) is 4. The fourth-order valence-corrected chi connectivity index (χ4v) is 6.48. The third-order valence-corrected chi connectivity index (χ3v) is 8.93. The van der Waals surface area contributed by atoms with Crippen molar-refractivity contribution >= 4 is 21.9 Å². The summed E-state index contributed by atoms with van der Waals surface area (Å²) >= 11 is 0. The maximum atomic E-state index is 6.68. The van der Waals surface area contributed by atoms with Crippen LogP contribution >= 0.6 is 0 Å². The van der Waals surface area contributed by atoms with Crippen LogP contribution < -0.4 is 0 Å². The quantitative estimate of drug-likeness (QED) is 0.184. The number of nitrogens with zero attached hydrogens (tertiary/aromatic N) is 3. The van der Waals surface area contributed by atoms with E-state index in [1.54, 1.807) is 0 Å². The summed E-state index contributed by atoms with van der Waals surface area (Å²) in [5.74, 6) is 1.86. The van der Waals surface area contributed by atoms with Crippen LogP contribution in [0.15, 0.2) is 180 Å². The lowest BCUT2D eigenvalue weighted by atomic mass is 9.95. The number of fused-ring (bicyclic) bond motifs is 3. The molecule has 0 N–H and O–H groups in total. The largest absolute Gasteiger partial charge is 0.455 e. The molecule has 49 heavy (non-hydrogen) atoms. The molecule has 2 heterocycles. The van der Waals surface area contributed by atoms with Gasteiger partial charge < -0.3 is 4.42 Å². The molecule has 7 aromatic carbocycles. The molecule has 0 radical (unpaired) electrons. The van der Waals surface area contributed by atoms with Gasteiger partial charge >= 0.3 is 0 Å². The van der Waals surface area contributed by atoms with E-state index in [-0.39, 0.29) is 0 Å². The molecule has 0 aliphatic heterocycles. The van der Waals surface area contributed by atoms with Gasteiger partial charge in [0.15, 0.2) is 17.5 Å². The average Bonchev–Trinajstić information content (AvgIpc) is 3.57. The molecule has 0 fully saturated rings. The van der Waals surface area contributed by atoms with Gasteiger partial charge in [0.1, 0.15) is 11.2 Å².